The Kier molecular flexibility index (Phi) is 3.26. The highest BCUT2D eigenvalue weighted by Gasteiger charge is 2.31. The molecule has 0 radical (unpaired) electrons. The first-order valence-corrected chi connectivity index (χ1v) is 5.83. The first kappa shape index (κ1) is 10.9. The maximum Gasteiger partial charge on any atom is 0.251 e. The van der Waals surface area contributed by atoms with Crippen LogP contribution in [0.4, 0.5) is 0 Å². The van der Waals surface area contributed by atoms with E-state index in [1.54, 1.807) is 0 Å². The molecular weight excluding hydrogens is 192 g/mol. The van der Waals surface area contributed by atoms with Crippen LogP contribution in [-0.4, -0.2) is 48.7 Å². The Balaban J connectivity index is 1.93. The van der Waals surface area contributed by atoms with Gasteiger partial charge >= 0.3 is 0 Å². The van der Waals surface area contributed by atoms with Crippen molar-refractivity contribution in [1.29, 1.82) is 0 Å². The molecule has 0 aliphatic carbocycles. The lowest BCUT2D eigenvalue weighted by atomic mass is 10.1. The number of nitrogens with zero attached hydrogens (tertiary/aromatic N) is 1. The molecule has 86 valence electrons. The van der Waals surface area contributed by atoms with Crippen molar-refractivity contribution in [3.05, 3.63) is 0 Å². The Hall–Kier alpha value is -0.610. The molecule has 0 aromatic carbocycles. The zero-order valence-corrected chi connectivity index (χ0v) is 9.53. The first-order chi connectivity index (χ1) is 7.16. The normalized spacial score (nSPS) is 36.9. The van der Waals surface area contributed by atoms with Crippen molar-refractivity contribution in [3.63, 3.8) is 0 Å². The molecule has 2 unspecified atom stereocenters. The van der Waals surface area contributed by atoms with Crippen molar-refractivity contribution in [2.75, 3.05) is 19.7 Å². The minimum Gasteiger partial charge on any atom is -0.368 e. The van der Waals surface area contributed by atoms with E-state index in [0.29, 0.717) is 12.1 Å². The summed E-state index contributed by atoms with van der Waals surface area (Å²) >= 11 is 0. The smallest absolute Gasteiger partial charge is 0.251 e. The van der Waals surface area contributed by atoms with Crippen LogP contribution in [-0.2, 0) is 9.53 Å². The number of rotatable bonds is 1. The molecule has 0 aromatic rings. The lowest BCUT2D eigenvalue weighted by Gasteiger charge is -2.37. The van der Waals surface area contributed by atoms with Crippen LogP contribution in [0.1, 0.15) is 26.7 Å². The van der Waals surface area contributed by atoms with Crippen molar-refractivity contribution >= 4 is 5.91 Å². The zero-order valence-electron chi connectivity index (χ0n) is 9.53. The fourth-order valence-corrected chi connectivity index (χ4v) is 2.48. The third-order valence-electron chi connectivity index (χ3n) is 3.07. The minimum absolute atomic E-state index is 0.164. The first-order valence-electron chi connectivity index (χ1n) is 5.83. The average Bonchev–Trinajstić information content (AvgIpc) is 2.67. The van der Waals surface area contributed by atoms with Gasteiger partial charge in [-0.25, -0.2) is 0 Å². The van der Waals surface area contributed by atoms with Crippen molar-refractivity contribution in [3.8, 4) is 0 Å². The van der Waals surface area contributed by atoms with Gasteiger partial charge in [0, 0.05) is 31.8 Å². The molecule has 2 fully saturated rings. The molecule has 2 heterocycles. The lowest BCUT2D eigenvalue weighted by molar-refractivity contribution is -0.142. The van der Waals surface area contributed by atoms with Crippen LogP contribution in [0.2, 0.25) is 0 Å². The third kappa shape index (κ3) is 2.49. The summed E-state index contributed by atoms with van der Waals surface area (Å²) in [4.78, 5) is 14.0. The zero-order chi connectivity index (χ0) is 10.8. The third-order valence-corrected chi connectivity index (χ3v) is 3.07. The summed E-state index contributed by atoms with van der Waals surface area (Å²) in [5.74, 6) is 0.188. The standard InChI is InChI=1S/C11H20N2O2/c1-8-6-13(7-9(2)12-8)11(14)10-4-3-5-15-10/h8-10,12H,3-7H2,1-2H3/t8?,9?,10-/m0/s1. The molecule has 15 heavy (non-hydrogen) atoms. The summed E-state index contributed by atoms with van der Waals surface area (Å²) in [5, 5.41) is 3.42. The molecule has 0 aromatic heterocycles. The Labute approximate surface area is 91.0 Å². The van der Waals surface area contributed by atoms with E-state index in [2.05, 4.69) is 19.2 Å². The molecule has 2 saturated heterocycles. The van der Waals surface area contributed by atoms with Gasteiger partial charge in [-0.05, 0) is 26.7 Å². The van der Waals surface area contributed by atoms with Gasteiger partial charge in [0.1, 0.15) is 6.10 Å². The number of amides is 1. The van der Waals surface area contributed by atoms with Crippen LogP contribution < -0.4 is 5.32 Å². The molecule has 2 aliphatic rings. The molecule has 0 bridgehead atoms. The SMILES string of the molecule is CC1CN(C(=O)[C@@H]2CCCO2)CC(C)N1. The Morgan fingerprint density at radius 1 is 1.33 bits per heavy atom. The summed E-state index contributed by atoms with van der Waals surface area (Å²) < 4.78 is 5.43. The fourth-order valence-electron chi connectivity index (χ4n) is 2.48. The monoisotopic (exact) mass is 212 g/mol. The number of carbonyl (C=O) groups is 1. The van der Waals surface area contributed by atoms with Crippen molar-refractivity contribution in [1.82, 2.24) is 10.2 Å². The van der Waals surface area contributed by atoms with Gasteiger partial charge in [-0.3, -0.25) is 4.79 Å². The van der Waals surface area contributed by atoms with E-state index in [1.807, 2.05) is 4.90 Å². The van der Waals surface area contributed by atoms with Crippen LogP contribution in [0, 0.1) is 0 Å². The van der Waals surface area contributed by atoms with Crippen LogP contribution >= 0.6 is 0 Å². The average molecular weight is 212 g/mol. The molecular formula is C11H20N2O2. The molecule has 3 atom stereocenters. The van der Waals surface area contributed by atoms with Gasteiger partial charge in [0.15, 0.2) is 0 Å². The molecule has 1 N–H and O–H groups in total. The van der Waals surface area contributed by atoms with E-state index in [1.165, 1.54) is 0 Å². The maximum absolute atomic E-state index is 12.1. The largest absolute Gasteiger partial charge is 0.368 e. The van der Waals surface area contributed by atoms with Gasteiger partial charge < -0.3 is 15.0 Å². The van der Waals surface area contributed by atoms with Crippen LogP contribution in [0.5, 0.6) is 0 Å². The molecule has 0 spiro atoms. The minimum atomic E-state index is -0.164. The van der Waals surface area contributed by atoms with E-state index >= 15 is 0 Å². The molecule has 4 heteroatoms. The lowest BCUT2D eigenvalue weighted by Crippen LogP contribution is -2.57. The summed E-state index contributed by atoms with van der Waals surface area (Å²) in [6.07, 6.45) is 1.75. The molecule has 0 saturated carbocycles. The topological polar surface area (TPSA) is 41.6 Å². The second kappa shape index (κ2) is 4.49. The summed E-state index contributed by atoms with van der Waals surface area (Å²) in [6.45, 7) is 6.59. The molecule has 2 rings (SSSR count). The van der Waals surface area contributed by atoms with E-state index in [4.69, 9.17) is 4.74 Å². The van der Waals surface area contributed by atoms with E-state index in [-0.39, 0.29) is 12.0 Å². The number of carbonyl (C=O) groups excluding carboxylic acids is 1. The number of ether oxygens (including phenoxy) is 1. The number of hydrogen-bond acceptors (Lipinski definition) is 3. The van der Waals surface area contributed by atoms with Gasteiger partial charge in [0.2, 0.25) is 0 Å². The van der Waals surface area contributed by atoms with Crippen LogP contribution in [0.25, 0.3) is 0 Å². The van der Waals surface area contributed by atoms with E-state index in [9.17, 15) is 4.79 Å². The van der Waals surface area contributed by atoms with Gasteiger partial charge in [-0.15, -0.1) is 0 Å². The highest BCUT2D eigenvalue weighted by atomic mass is 16.5. The summed E-state index contributed by atoms with van der Waals surface area (Å²) in [5.41, 5.74) is 0. The predicted molar refractivity (Wildman–Crippen MR) is 57.6 cm³/mol. The van der Waals surface area contributed by atoms with Crippen molar-refractivity contribution in [2.24, 2.45) is 0 Å². The van der Waals surface area contributed by atoms with Crippen molar-refractivity contribution < 1.29 is 9.53 Å². The number of piperazine rings is 1. The number of nitrogens with one attached hydrogen (secondary N) is 1. The quantitative estimate of drug-likeness (QED) is 0.683. The Morgan fingerprint density at radius 3 is 2.53 bits per heavy atom. The molecule has 2 aliphatic heterocycles. The molecule has 4 nitrogen and oxygen atoms in total. The highest BCUT2D eigenvalue weighted by molar-refractivity contribution is 5.81. The Bertz CT molecular complexity index is 229. The van der Waals surface area contributed by atoms with Gasteiger partial charge in [-0.1, -0.05) is 0 Å². The fraction of sp³-hybridized carbons (Fsp3) is 0.909. The highest BCUT2D eigenvalue weighted by Crippen LogP contribution is 2.16. The van der Waals surface area contributed by atoms with Gasteiger partial charge in [0.05, 0.1) is 0 Å². The van der Waals surface area contributed by atoms with Gasteiger partial charge in [-0.2, -0.15) is 0 Å². The van der Waals surface area contributed by atoms with E-state index < -0.39 is 0 Å². The predicted octanol–water partition coefficient (Wildman–Crippen LogP) is 0.374. The molecule has 1 amide bonds. The summed E-state index contributed by atoms with van der Waals surface area (Å²) in [7, 11) is 0. The van der Waals surface area contributed by atoms with Crippen LogP contribution in [0.15, 0.2) is 0 Å². The van der Waals surface area contributed by atoms with Crippen LogP contribution in [0.3, 0.4) is 0 Å². The Morgan fingerprint density at radius 2 is 2.00 bits per heavy atom. The maximum atomic E-state index is 12.1. The number of hydrogen-bond donors (Lipinski definition) is 1. The van der Waals surface area contributed by atoms with Crippen molar-refractivity contribution in [2.45, 2.75) is 44.9 Å². The summed E-state index contributed by atoms with van der Waals surface area (Å²) in [6, 6.07) is 0.776. The second-order valence-corrected chi connectivity index (χ2v) is 4.71. The van der Waals surface area contributed by atoms with E-state index in [0.717, 1.165) is 32.5 Å². The van der Waals surface area contributed by atoms with Gasteiger partial charge in [0.25, 0.3) is 5.91 Å². The second-order valence-electron chi connectivity index (χ2n) is 4.71.